The molecule has 0 spiro atoms. The molecule has 0 fully saturated rings. The fraction of sp³-hybridized carbons (Fsp3) is 0.125. The Morgan fingerprint density at radius 3 is 2.19 bits per heavy atom. The number of methoxy groups -OCH3 is 2. The molecule has 0 aliphatic heterocycles. The van der Waals surface area contributed by atoms with Crippen LogP contribution in [0.1, 0.15) is 21.1 Å². The van der Waals surface area contributed by atoms with Gasteiger partial charge in [0.2, 0.25) is 11.8 Å². The molecule has 7 heteroatoms. The number of nitrogens with one attached hydrogen (secondary N) is 1. The van der Waals surface area contributed by atoms with Gasteiger partial charge < -0.3 is 14.8 Å². The molecular weight excluding hydrogens is 410 g/mol. The van der Waals surface area contributed by atoms with Gasteiger partial charge in [0.15, 0.2) is 0 Å². The summed E-state index contributed by atoms with van der Waals surface area (Å²) in [6.45, 7) is 0. The Hall–Kier alpha value is -3.71. The highest BCUT2D eigenvalue weighted by Crippen LogP contribution is 2.24. The van der Waals surface area contributed by atoms with Crippen molar-refractivity contribution < 1.29 is 14.3 Å². The normalized spacial score (nSPS) is 10.5. The maximum absolute atomic E-state index is 12.6. The summed E-state index contributed by atoms with van der Waals surface area (Å²) in [5.74, 6) is 1.34. The first-order valence-electron chi connectivity index (χ1n) is 9.65. The molecule has 31 heavy (non-hydrogen) atoms. The number of hydrogen-bond donors (Lipinski definition) is 1. The second kappa shape index (κ2) is 9.40. The van der Waals surface area contributed by atoms with E-state index in [1.807, 2.05) is 66.0 Å². The van der Waals surface area contributed by atoms with Crippen LogP contribution in [0.25, 0.3) is 11.1 Å². The summed E-state index contributed by atoms with van der Waals surface area (Å²) in [6.07, 6.45) is 0.514. The Kier molecular flexibility index (Phi) is 6.24. The molecule has 2 aromatic carbocycles. The van der Waals surface area contributed by atoms with E-state index in [4.69, 9.17) is 9.47 Å². The quantitative estimate of drug-likeness (QED) is 0.442. The fourth-order valence-electron chi connectivity index (χ4n) is 3.08. The minimum atomic E-state index is -0.150. The zero-order valence-corrected chi connectivity index (χ0v) is 18.0. The van der Waals surface area contributed by atoms with Crippen LogP contribution in [0, 0.1) is 0 Å². The molecule has 0 unspecified atom stereocenters. The van der Waals surface area contributed by atoms with Crippen molar-refractivity contribution in [2.75, 3.05) is 19.5 Å². The Morgan fingerprint density at radius 1 is 0.903 bits per heavy atom. The first-order valence-corrected chi connectivity index (χ1v) is 10.5. The zero-order chi connectivity index (χ0) is 21.6. The lowest BCUT2D eigenvalue weighted by atomic mass is 10.0. The van der Waals surface area contributed by atoms with Crippen LogP contribution >= 0.6 is 11.3 Å². The lowest BCUT2D eigenvalue weighted by Gasteiger charge is -2.06. The van der Waals surface area contributed by atoms with Gasteiger partial charge in [-0.1, -0.05) is 42.5 Å². The average Bonchev–Trinajstić information content (AvgIpc) is 3.25. The molecule has 0 aliphatic rings. The van der Waals surface area contributed by atoms with Crippen molar-refractivity contribution in [1.82, 2.24) is 9.97 Å². The monoisotopic (exact) mass is 431 g/mol. The SMILES string of the molecule is COc1cc(OC)nc(Cc2cc(NC(=O)c3ccc(-c4ccccc4)cc3)cs2)n1. The number of rotatable bonds is 7. The molecule has 156 valence electrons. The lowest BCUT2D eigenvalue weighted by molar-refractivity contribution is 0.102. The van der Waals surface area contributed by atoms with Crippen molar-refractivity contribution in [1.29, 1.82) is 0 Å². The molecule has 2 heterocycles. The number of amides is 1. The van der Waals surface area contributed by atoms with Crippen molar-refractivity contribution in [3.05, 3.63) is 88.4 Å². The standard InChI is InChI=1S/C24H21N3O3S/c1-29-22-14-23(30-2)27-21(26-22)13-20-12-19(15-31-20)25-24(28)18-10-8-17(9-11-18)16-6-4-3-5-7-16/h3-12,14-15H,13H2,1-2H3,(H,25,28). The number of hydrogen-bond acceptors (Lipinski definition) is 6. The number of benzene rings is 2. The summed E-state index contributed by atoms with van der Waals surface area (Å²) >= 11 is 1.53. The highest BCUT2D eigenvalue weighted by Gasteiger charge is 2.11. The second-order valence-electron chi connectivity index (χ2n) is 6.74. The van der Waals surface area contributed by atoms with Gasteiger partial charge in [0.25, 0.3) is 5.91 Å². The molecule has 0 aliphatic carbocycles. The summed E-state index contributed by atoms with van der Waals surface area (Å²) in [7, 11) is 3.10. The summed E-state index contributed by atoms with van der Waals surface area (Å²) < 4.78 is 10.4. The predicted octanol–water partition coefficient (Wildman–Crippen LogP) is 5.07. The lowest BCUT2D eigenvalue weighted by Crippen LogP contribution is -2.11. The Labute approximate surface area is 184 Å². The Balaban J connectivity index is 1.42. The predicted molar refractivity (Wildman–Crippen MR) is 122 cm³/mol. The van der Waals surface area contributed by atoms with E-state index in [0.29, 0.717) is 29.6 Å². The molecular formula is C24H21N3O3S. The van der Waals surface area contributed by atoms with Crippen molar-refractivity contribution in [2.45, 2.75) is 6.42 Å². The smallest absolute Gasteiger partial charge is 0.255 e. The van der Waals surface area contributed by atoms with Gasteiger partial charge in [-0.15, -0.1) is 11.3 Å². The van der Waals surface area contributed by atoms with E-state index in [1.54, 1.807) is 20.3 Å². The number of carbonyl (C=O) groups excluding carboxylic acids is 1. The second-order valence-corrected chi connectivity index (χ2v) is 7.74. The topological polar surface area (TPSA) is 73.3 Å². The van der Waals surface area contributed by atoms with Crippen molar-refractivity contribution in [3.8, 4) is 22.9 Å². The average molecular weight is 432 g/mol. The largest absolute Gasteiger partial charge is 0.481 e. The zero-order valence-electron chi connectivity index (χ0n) is 17.2. The minimum Gasteiger partial charge on any atom is -0.481 e. The van der Waals surface area contributed by atoms with E-state index in [0.717, 1.165) is 21.7 Å². The summed E-state index contributed by atoms with van der Waals surface area (Å²) in [5, 5.41) is 4.86. The van der Waals surface area contributed by atoms with E-state index in [2.05, 4.69) is 15.3 Å². The number of aromatic nitrogens is 2. The first kappa shape index (κ1) is 20.6. The number of carbonyl (C=O) groups is 1. The molecule has 1 N–H and O–H groups in total. The molecule has 0 atom stereocenters. The number of ether oxygens (including phenoxy) is 2. The molecule has 4 rings (SSSR count). The molecule has 4 aromatic rings. The molecule has 0 bridgehead atoms. The van der Waals surface area contributed by atoms with Gasteiger partial charge in [-0.3, -0.25) is 4.79 Å². The summed E-state index contributed by atoms with van der Waals surface area (Å²) in [6, 6.07) is 21.2. The van der Waals surface area contributed by atoms with Gasteiger partial charge in [-0.25, -0.2) is 0 Å². The fourth-order valence-corrected chi connectivity index (χ4v) is 3.89. The van der Waals surface area contributed by atoms with Gasteiger partial charge in [0, 0.05) is 22.2 Å². The van der Waals surface area contributed by atoms with Crippen molar-refractivity contribution in [3.63, 3.8) is 0 Å². The number of thiophene rings is 1. The number of nitrogens with zero attached hydrogens (tertiary/aromatic N) is 2. The van der Waals surface area contributed by atoms with E-state index in [1.165, 1.54) is 11.3 Å². The molecule has 0 saturated carbocycles. The van der Waals surface area contributed by atoms with Crippen LogP contribution in [0.15, 0.2) is 72.1 Å². The maximum Gasteiger partial charge on any atom is 0.255 e. The van der Waals surface area contributed by atoms with Gasteiger partial charge >= 0.3 is 0 Å². The third kappa shape index (κ3) is 5.07. The molecule has 2 aromatic heterocycles. The van der Waals surface area contributed by atoms with E-state index in [9.17, 15) is 4.79 Å². The minimum absolute atomic E-state index is 0.150. The van der Waals surface area contributed by atoms with Gasteiger partial charge in [-0.05, 0) is 29.3 Å². The molecule has 1 amide bonds. The van der Waals surface area contributed by atoms with E-state index in [-0.39, 0.29) is 5.91 Å². The molecule has 0 radical (unpaired) electrons. The Bertz CT molecular complexity index is 1150. The summed E-state index contributed by atoms with van der Waals surface area (Å²) in [5.41, 5.74) is 3.54. The van der Waals surface area contributed by atoms with Crippen LogP contribution in [0.5, 0.6) is 11.8 Å². The Morgan fingerprint density at radius 2 is 1.55 bits per heavy atom. The third-order valence-corrected chi connectivity index (χ3v) is 5.58. The first-order chi connectivity index (χ1) is 15.1. The van der Waals surface area contributed by atoms with Gasteiger partial charge in [-0.2, -0.15) is 9.97 Å². The van der Waals surface area contributed by atoms with Crippen LogP contribution in [-0.4, -0.2) is 30.1 Å². The van der Waals surface area contributed by atoms with E-state index >= 15 is 0 Å². The van der Waals surface area contributed by atoms with Crippen LogP contribution in [0.4, 0.5) is 5.69 Å². The van der Waals surface area contributed by atoms with Crippen LogP contribution in [0.2, 0.25) is 0 Å². The highest BCUT2D eigenvalue weighted by atomic mass is 32.1. The number of anilines is 1. The maximum atomic E-state index is 12.6. The molecule has 0 saturated heterocycles. The van der Waals surface area contributed by atoms with Gasteiger partial charge in [0.1, 0.15) is 5.82 Å². The van der Waals surface area contributed by atoms with Crippen LogP contribution < -0.4 is 14.8 Å². The highest BCUT2D eigenvalue weighted by molar-refractivity contribution is 7.10. The van der Waals surface area contributed by atoms with E-state index < -0.39 is 0 Å². The summed E-state index contributed by atoms with van der Waals surface area (Å²) in [4.78, 5) is 22.4. The van der Waals surface area contributed by atoms with Gasteiger partial charge in [0.05, 0.1) is 26.0 Å². The molecule has 6 nitrogen and oxygen atoms in total. The third-order valence-electron chi connectivity index (χ3n) is 4.64. The van der Waals surface area contributed by atoms with Crippen LogP contribution in [-0.2, 0) is 6.42 Å². The van der Waals surface area contributed by atoms with Crippen molar-refractivity contribution >= 4 is 22.9 Å². The van der Waals surface area contributed by atoms with Crippen LogP contribution in [0.3, 0.4) is 0 Å². The van der Waals surface area contributed by atoms with Crippen molar-refractivity contribution in [2.24, 2.45) is 0 Å².